The number of aliphatic hydroxyl groups is 1. The van der Waals surface area contributed by atoms with Crippen LogP contribution < -0.4 is 10.6 Å². The predicted molar refractivity (Wildman–Crippen MR) is 86.7 cm³/mol. The van der Waals surface area contributed by atoms with Gasteiger partial charge in [0, 0.05) is 12.5 Å². The zero-order valence-corrected chi connectivity index (χ0v) is 13.3. The monoisotopic (exact) mass is 334 g/mol. The van der Waals surface area contributed by atoms with Gasteiger partial charge in [-0.25, -0.2) is 0 Å². The molecule has 0 radical (unpaired) electrons. The van der Waals surface area contributed by atoms with Gasteiger partial charge in [0.15, 0.2) is 5.76 Å². The lowest BCUT2D eigenvalue weighted by Gasteiger charge is -2.14. The minimum absolute atomic E-state index is 0.136. The van der Waals surface area contributed by atoms with Crippen LogP contribution in [0.15, 0.2) is 34.9 Å². The van der Waals surface area contributed by atoms with Gasteiger partial charge in [0.05, 0.1) is 22.2 Å². The van der Waals surface area contributed by atoms with Gasteiger partial charge in [0.1, 0.15) is 0 Å². The van der Waals surface area contributed by atoms with Crippen molar-refractivity contribution in [1.82, 2.24) is 5.32 Å². The van der Waals surface area contributed by atoms with Crippen LogP contribution >= 0.6 is 11.3 Å². The Labute approximate surface area is 137 Å². The van der Waals surface area contributed by atoms with Gasteiger partial charge < -0.3 is 20.2 Å². The van der Waals surface area contributed by atoms with Crippen LogP contribution in [0.2, 0.25) is 0 Å². The molecule has 1 aliphatic rings. The van der Waals surface area contributed by atoms with Crippen LogP contribution in [0, 0.1) is 5.92 Å². The summed E-state index contributed by atoms with van der Waals surface area (Å²) >= 11 is 1.20. The number of thiophene rings is 1. The van der Waals surface area contributed by atoms with E-state index in [9.17, 15) is 14.7 Å². The number of anilines is 1. The summed E-state index contributed by atoms with van der Waals surface area (Å²) in [6.07, 6.45) is 3.86. The minimum atomic E-state index is -0.349. The Hall–Kier alpha value is -2.12. The van der Waals surface area contributed by atoms with E-state index in [-0.39, 0.29) is 29.6 Å². The Kier molecular flexibility index (Phi) is 4.78. The van der Waals surface area contributed by atoms with Crippen molar-refractivity contribution in [2.75, 3.05) is 11.9 Å². The fourth-order valence-electron chi connectivity index (χ4n) is 2.67. The van der Waals surface area contributed by atoms with Gasteiger partial charge in [-0.15, -0.1) is 11.3 Å². The first-order chi connectivity index (χ1) is 11.1. The van der Waals surface area contributed by atoms with Gasteiger partial charge in [-0.05, 0) is 37.1 Å². The number of rotatable bonds is 5. The number of carbonyl (C=O) groups excluding carboxylic acids is 2. The standard InChI is InChI=1S/C16H18N2O4S/c19-11-4-1-3-10(11)9-17-16(21)13-6-7-14(23-13)18-15(20)12-5-2-8-22-12/h2,5-8,10-11,19H,1,3-4,9H2,(H,17,21)(H,18,20). The largest absolute Gasteiger partial charge is 0.459 e. The topological polar surface area (TPSA) is 91.6 Å². The fourth-order valence-corrected chi connectivity index (χ4v) is 3.49. The summed E-state index contributed by atoms with van der Waals surface area (Å²) in [6, 6.07) is 6.57. The SMILES string of the molecule is O=C(Nc1ccc(C(=O)NCC2CCCC2O)s1)c1ccco1. The lowest BCUT2D eigenvalue weighted by atomic mass is 10.1. The quantitative estimate of drug-likeness (QED) is 0.783. The minimum Gasteiger partial charge on any atom is -0.459 e. The van der Waals surface area contributed by atoms with Gasteiger partial charge in [0.2, 0.25) is 0 Å². The number of aliphatic hydroxyl groups excluding tert-OH is 1. The van der Waals surface area contributed by atoms with Gasteiger partial charge in [-0.1, -0.05) is 6.42 Å². The van der Waals surface area contributed by atoms with Crippen LogP contribution in [0.25, 0.3) is 0 Å². The molecule has 0 saturated heterocycles. The molecule has 1 saturated carbocycles. The number of carbonyl (C=O) groups is 2. The summed E-state index contributed by atoms with van der Waals surface area (Å²) in [5.41, 5.74) is 0. The van der Waals surface area contributed by atoms with Crippen LogP contribution in [0.3, 0.4) is 0 Å². The van der Waals surface area contributed by atoms with E-state index in [0.717, 1.165) is 19.3 Å². The fraction of sp³-hybridized carbons (Fsp3) is 0.375. The van der Waals surface area contributed by atoms with E-state index in [2.05, 4.69) is 10.6 Å². The van der Waals surface area contributed by atoms with Crippen molar-refractivity contribution in [3.63, 3.8) is 0 Å². The van der Waals surface area contributed by atoms with Crippen molar-refractivity contribution >= 4 is 28.2 Å². The third kappa shape index (κ3) is 3.80. The Morgan fingerprint density at radius 1 is 1.26 bits per heavy atom. The van der Waals surface area contributed by atoms with Crippen LogP contribution in [0.5, 0.6) is 0 Å². The Morgan fingerprint density at radius 3 is 2.83 bits per heavy atom. The first-order valence-corrected chi connectivity index (χ1v) is 8.36. The van der Waals surface area contributed by atoms with Crippen molar-refractivity contribution in [3.05, 3.63) is 41.2 Å². The second kappa shape index (κ2) is 6.97. The Balaban J connectivity index is 1.54. The molecule has 122 valence electrons. The average Bonchev–Trinajstić information content (AvgIpc) is 3.26. The Bertz CT molecular complexity index is 680. The molecule has 2 heterocycles. The molecule has 0 bridgehead atoms. The number of furan rings is 1. The second-order valence-electron chi connectivity index (χ2n) is 5.56. The molecule has 1 aliphatic carbocycles. The van der Waals surface area contributed by atoms with Gasteiger partial charge in [-0.2, -0.15) is 0 Å². The van der Waals surface area contributed by atoms with Gasteiger partial charge in [-0.3, -0.25) is 9.59 Å². The predicted octanol–water partition coefficient (Wildman–Crippen LogP) is 2.48. The van der Waals surface area contributed by atoms with E-state index in [1.54, 1.807) is 24.3 Å². The van der Waals surface area contributed by atoms with Crippen LogP contribution in [0.1, 0.15) is 39.5 Å². The molecule has 0 aromatic carbocycles. The van der Waals surface area contributed by atoms with E-state index < -0.39 is 0 Å². The maximum absolute atomic E-state index is 12.1. The summed E-state index contributed by atoms with van der Waals surface area (Å²) in [4.78, 5) is 24.5. The summed E-state index contributed by atoms with van der Waals surface area (Å²) in [5.74, 6) is -0.179. The maximum atomic E-state index is 12.1. The van der Waals surface area contributed by atoms with E-state index in [1.165, 1.54) is 17.6 Å². The van der Waals surface area contributed by atoms with Crippen LogP contribution in [0.4, 0.5) is 5.00 Å². The van der Waals surface area contributed by atoms with Crippen LogP contribution in [-0.2, 0) is 0 Å². The number of nitrogens with one attached hydrogen (secondary N) is 2. The van der Waals surface area contributed by atoms with E-state index >= 15 is 0 Å². The summed E-state index contributed by atoms with van der Waals surface area (Å²) < 4.78 is 5.02. The molecular weight excluding hydrogens is 316 g/mol. The smallest absolute Gasteiger partial charge is 0.291 e. The van der Waals surface area contributed by atoms with Gasteiger partial charge >= 0.3 is 0 Å². The lowest BCUT2D eigenvalue weighted by Crippen LogP contribution is -2.32. The first kappa shape index (κ1) is 15.8. The zero-order valence-electron chi connectivity index (χ0n) is 12.5. The van der Waals surface area contributed by atoms with E-state index in [0.29, 0.717) is 16.4 Å². The van der Waals surface area contributed by atoms with Crippen LogP contribution in [-0.4, -0.2) is 29.6 Å². The molecule has 23 heavy (non-hydrogen) atoms. The highest BCUT2D eigenvalue weighted by Crippen LogP contribution is 2.26. The molecule has 0 aliphatic heterocycles. The molecule has 2 amide bonds. The highest BCUT2D eigenvalue weighted by molar-refractivity contribution is 7.18. The molecular formula is C16H18N2O4S. The summed E-state index contributed by atoms with van der Waals surface area (Å²) in [5, 5.41) is 15.9. The summed E-state index contributed by atoms with van der Waals surface area (Å²) in [7, 11) is 0. The highest BCUT2D eigenvalue weighted by atomic mass is 32.1. The third-order valence-corrected chi connectivity index (χ3v) is 4.95. The highest BCUT2D eigenvalue weighted by Gasteiger charge is 2.25. The molecule has 3 N–H and O–H groups in total. The average molecular weight is 334 g/mol. The van der Waals surface area contributed by atoms with Gasteiger partial charge in [0.25, 0.3) is 11.8 Å². The van der Waals surface area contributed by atoms with E-state index in [4.69, 9.17) is 4.42 Å². The molecule has 7 heteroatoms. The van der Waals surface area contributed by atoms with Crippen molar-refractivity contribution in [3.8, 4) is 0 Å². The molecule has 2 atom stereocenters. The summed E-state index contributed by atoms with van der Waals surface area (Å²) in [6.45, 7) is 0.478. The van der Waals surface area contributed by atoms with Crippen molar-refractivity contribution < 1.29 is 19.1 Å². The molecule has 2 unspecified atom stereocenters. The molecule has 1 fully saturated rings. The van der Waals surface area contributed by atoms with E-state index in [1.807, 2.05) is 0 Å². The maximum Gasteiger partial charge on any atom is 0.291 e. The molecule has 6 nitrogen and oxygen atoms in total. The first-order valence-electron chi connectivity index (χ1n) is 7.54. The Morgan fingerprint density at radius 2 is 2.13 bits per heavy atom. The molecule has 2 aromatic rings. The normalized spacial score (nSPS) is 20.4. The molecule has 2 aromatic heterocycles. The second-order valence-corrected chi connectivity index (χ2v) is 6.65. The molecule has 3 rings (SSSR count). The number of amides is 2. The molecule has 0 spiro atoms. The van der Waals surface area contributed by atoms with Crippen molar-refractivity contribution in [1.29, 1.82) is 0 Å². The third-order valence-electron chi connectivity index (χ3n) is 3.96. The number of hydrogen-bond acceptors (Lipinski definition) is 5. The van der Waals surface area contributed by atoms with Crippen molar-refractivity contribution in [2.45, 2.75) is 25.4 Å². The van der Waals surface area contributed by atoms with Crippen molar-refractivity contribution in [2.24, 2.45) is 5.92 Å². The zero-order chi connectivity index (χ0) is 16.2. The lowest BCUT2D eigenvalue weighted by molar-refractivity contribution is 0.0919. The number of hydrogen-bond donors (Lipinski definition) is 3.